The number of halogens is 1. The van der Waals surface area contributed by atoms with Crippen molar-refractivity contribution >= 4 is 68.9 Å². The van der Waals surface area contributed by atoms with Gasteiger partial charge in [0, 0.05) is 27.1 Å². The molecule has 36 heavy (non-hydrogen) atoms. The SMILES string of the molecule is Cn1c(=O)c2c(Cl)c(C=C3SC(=S)N(CCCC(=O)O)C3=O)c(=O)n(-c3ccccc3)c2n(C)c1=O. The number of thiocarbonyl (C=S) groups is 1. The summed E-state index contributed by atoms with van der Waals surface area (Å²) in [5, 5.41) is 8.60. The van der Waals surface area contributed by atoms with Crippen LogP contribution in [0.15, 0.2) is 49.6 Å². The minimum Gasteiger partial charge on any atom is -0.481 e. The van der Waals surface area contributed by atoms with Gasteiger partial charge in [-0.15, -0.1) is 0 Å². The fraction of sp³-hybridized carbons (Fsp3) is 0.217. The van der Waals surface area contributed by atoms with Crippen LogP contribution < -0.4 is 16.8 Å². The zero-order chi connectivity index (χ0) is 26.3. The van der Waals surface area contributed by atoms with Crippen LogP contribution in [0.3, 0.4) is 0 Å². The summed E-state index contributed by atoms with van der Waals surface area (Å²) in [5.74, 6) is -1.48. The molecule has 3 heterocycles. The lowest BCUT2D eigenvalue weighted by molar-refractivity contribution is -0.137. The molecule has 186 valence electrons. The Bertz CT molecular complexity index is 1660. The number of amides is 1. The smallest absolute Gasteiger partial charge is 0.332 e. The van der Waals surface area contributed by atoms with Gasteiger partial charge in [-0.1, -0.05) is 53.8 Å². The lowest BCUT2D eigenvalue weighted by Gasteiger charge is -2.17. The molecule has 1 saturated heterocycles. The van der Waals surface area contributed by atoms with Crippen LogP contribution in [0, 0.1) is 0 Å². The Hall–Kier alpha value is -3.48. The standard InChI is InChI=1S/C23H19ClN4O6S2/c1-25-18-16(21(33)26(2)22(25)34)17(24)13(19(31)28(18)12-7-4-3-5-8-12)11-14-20(32)27(23(35)36-14)10-6-9-15(29)30/h3-5,7-8,11H,6,9-10H2,1-2H3,(H,29,30). The summed E-state index contributed by atoms with van der Waals surface area (Å²) < 4.78 is 3.49. The number of carboxylic acid groups (broad SMARTS) is 1. The molecule has 0 radical (unpaired) electrons. The number of nitrogens with zero attached hydrogens (tertiary/aromatic N) is 4. The topological polar surface area (TPSA) is 124 Å². The summed E-state index contributed by atoms with van der Waals surface area (Å²) >= 11 is 12.8. The number of carbonyl (C=O) groups excluding carboxylic acids is 1. The summed E-state index contributed by atoms with van der Waals surface area (Å²) in [7, 11) is 2.74. The zero-order valence-electron chi connectivity index (χ0n) is 19.1. The van der Waals surface area contributed by atoms with Crippen molar-refractivity contribution in [2.45, 2.75) is 12.8 Å². The second-order valence-corrected chi connectivity index (χ2v) is 9.99. The van der Waals surface area contributed by atoms with Crippen molar-refractivity contribution in [1.82, 2.24) is 18.6 Å². The minimum absolute atomic E-state index is 0.0164. The molecule has 4 rings (SSSR count). The second kappa shape index (κ2) is 9.88. The summed E-state index contributed by atoms with van der Waals surface area (Å²) in [6.45, 7) is 0.108. The maximum atomic E-state index is 13.7. The number of pyridine rings is 1. The van der Waals surface area contributed by atoms with E-state index in [0.29, 0.717) is 5.69 Å². The molecule has 3 aromatic rings. The molecule has 1 aromatic carbocycles. The van der Waals surface area contributed by atoms with Crippen LogP contribution in [0.25, 0.3) is 22.8 Å². The van der Waals surface area contributed by atoms with Crippen molar-refractivity contribution in [2.24, 2.45) is 14.1 Å². The predicted molar refractivity (Wildman–Crippen MR) is 142 cm³/mol. The van der Waals surface area contributed by atoms with E-state index in [-0.39, 0.29) is 50.2 Å². The first-order valence-corrected chi connectivity index (χ1v) is 12.2. The second-order valence-electron chi connectivity index (χ2n) is 7.94. The molecule has 2 aromatic heterocycles. The molecule has 0 bridgehead atoms. The number of rotatable bonds is 6. The van der Waals surface area contributed by atoms with E-state index in [1.165, 1.54) is 34.2 Å². The summed E-state index contributed by atoms with van der Waals surface area (Å²) in [4.78, 5) is 64.7. The van der Waals surface area contributed by atoms with Gasteiger partial charge in [0.2, 0.25) is 0 Å². The first-order chi connectivity index (χ1) is 17.0. The highest BCUT2D eigenvalue weighted by atomic mass is 35.5. The average Bonchev–Trinajstić information content (AvgIpc) is 3.11. The van der Waals surface area contributed by atoms with Gasteiger partial charge in [0.15, 0.2) is 0 Å². The maximum Gasteiger partial charge on any atom is 0.332 e. The van der Waals surface area contributed by atoms with Gasteiger partial charge in [0.25, 0.3) is 17.0 Å². The fourth-order valence-corrected chi connectivity index (χ4v) is 5.48. The molecule has 1 aliphatic heterocycles. The number of hydrogen-bond donors (Lipinski definition) is 1. The van der Waals surface area contributed by atoms with E-state index < -0.39 is 28.7 Å². The van der Waals surface area contributed by atoms with E-state index in [1.807, 2.05) is 0 Å². The van der Waals surface area contributed by atoms with Crippen molar-refractivity contribution in [1.29, 1.82) is 0 Å². The number of para-hydroxylation sites is 1. The van der Waals surface area contributed by atoms with Gasteiger partial charge in [-0.2, -0.15) is 0 Å². The molecule has 1 aliphatic rings. The predicted octanol–water partition coefficient (Wildman–Crippen LogP) is 2.11. The molecular formula is C23H19ClN4O6S2. The Balaban J connectivity index is 1.98. The van der Waals surface area contributed by atoms with Crippen LogP contribution in [-0.2, 0) is 23.7 Å². The zero-order valence-corrected chi connectivity index (χ0v) is 21.4. The minimum atomic E-state index is -0.989. The number of benzene rings is 1. The van der Waals surface area contributed by atoms with Crippen LogP contribution in [0.1, 0.15) is 18.4 Å². The molecule has 0 unspecified atom stereocenters. The first kappa shape index (κ1) is 25.6. The molecule has 1 N–H and O–H groups in total. The van der Waals surface area contributed by atoms with Gasteiger partial charge < -0.3 is 5.11 Å². The van der Waals surface area contributed by atoms with Crippen LogP contribution in [-0.4, -0.2) is 46.4 Å². The van der Waals surface area contributed by atoms with Crippen molar-refractivity contribution in [3.63, 3.8) is 0 Å². The normalized spacial score (nSPS) is 14.9. The number of carboxylic acids is 1. The number of aromatic nitrogens is 3. The number of hydrogen-bond acceptors (Lipinski definition) is 7. The third-order valence-corrected chi connectivity index (χ3v) is 7.44. The molecule has 10 nitrogen and oxygen atoms in total. The molecule has 1 fully saturated rings. The Morgan fingerprint density at radius 1 is 1.08 bits per heavy atom. The number of carbonyl (C=O) groups is 2. The lowest BCUT2D eigenvalue weighted by atomic mass is 10.1. The Morgan fingerprint density at radius 3 is 2.39 bits per heavy atom. The molecule has 0 aliphatic carbocycles. The molecule has 0 spiro atoms. The summed E-state index contributed by atoms with van der Waals surface area (Å²) in [5.41, 5.74) is -1.68. The largest absolute Gasteiger partial charge is 0.481 e. The average molecular weight is 547 g/mol. The molecular weight excluding hydrogens is 528 g/mol. The summed E-state index contributed by atoms with van der Waals surface area (Å²) in [6.07, 6.45) is 1.36. The van der Waals surface area contributed by atoms with Crippen molar-refractivity contribution in [3.8, 4) is 5.69 Å². The number of aliphatic carboxylic acids is 1. The molecule has 0 saturated carbocycles. The quantitative estimate of drug-likeness (QED) is 0.368. The van der Waals surface area contributed by atoms with E-state index >= 15 is 0 Å². The third-order valence-electron chi connectivity index (χ3n) is 5.67. The molecule has 1 amide bonds. The van der Waals surface area contributed by atoms with Gasteiger partial charge in [0.05, 0.1) is 21.2 Å². The number of thioether (sulfide) groups is 1. The van der Waals surface area contributed by atoms with Crippen molar-refractivity contribution in [2.75, 3.05) is 6.54 Å². The van der Waals surface area contributed by atoms with Crippen LogP contribution in [0.5, 0.6) is 0 Å². The summed E-state index contributed by atoms with van der Waals surface area (Å²) in [6, 6.07) is 8.43. The van der Waals surface area contributed by atoms with Crippen LogP contribution in [0.4, 0.5) is 0 Å². The van der Waals surface area contributed by atoms with E-state index in [0.717, 1.165) is 16.3 Å². The van der Waals surface area contributed by atoms with Crippen molar-refractivity contribution in [3.05, 3.63) is 77.0 Å². The maximum absolute atomic E-state index is 13.7. The molecule has 13 heteroatoms. The Kier molecular flexibility index (Phi) is 7.03. The van der Waals surface area contributed by atoms with Crippen molar-refractivity contribution < 1.29 is 14.7 Å². The number of aryl methyl sites for hydroxylation is 1. The third kappa shape index (κ3) is 4.31. The number of fused-ring (bicyclic) bond motifs is 1. The lowest BCUT2D eigenvalue weighted by Crippen LogP contribution is -2.40. The van der Waals surface area contributed by atoms with Gasteiger partial charge >= 0.3 is 11.7 Å². The van der Waals surface area contributed by atoms with Crippen LogP contribution in [0.2, 0.25) is 5.02 Å². The van der Waals surface area contributed by atoms with Gasteiger partial charge in [-0.25, -0.2) is 4.79 Å². The highest BCUT2D eigenvalue weighted by Crippen LogP contribution is 2.34. The van der Waals surface area contributed by atoms with E-state index in [9.17, 15) is 24.0 Å². The van der Waals surface area contributed by atoms with E-state index in [1.54, 1.807) is 30.3 Å². The van der Waals surface area contributed by atoms with Gasteiger partial charge in [-0.3, -0.25) is 37.8 Å². The monoisotopic (exact) mass is 546 g/mol. The highest BCUT2D eigenvalue weighted by Gasteiger charge is 2.33. The van der Waals surface area contributed by atoms with E-state index in [4.69, 9.17) is 28.9 Å². The Morgan fingerprint density at radius 2 is 1.75 bits per heavy atom. The van der Waals surface area contributed by atoms with Gasteiger partial charge in [-0.05, 0) is 24.6 Å². The van der Waals surface area contributed by atoms with Gasteiger partial charge in [0.1, 0.15) is 15.4 Å². The highest BCUT2D eigenvalue weighted by molar-refractivity contribution is 8.26. The van der Waals surface area contributed by atoms with Crippen LogP contribution >= 0.6 is 35.6 Å². The first-order valence-electron chi connectivity index (χ1n) is 10.6. The Labute approximate surface area is 218 Å². The molecule has 0 atom stereocenters. The van der Waals surface area contributed by atoms with E-state index in [2.05, 4.69) is 0 Å². The fourth-order valence-electron chi connectivity index (χ4n) is 3.89.